The Balaban J connectivity index is 2.54. The number of aromatic nitrogens is 3. The third kappa shape index (κ3) is 1.46. The first-order chi connectivity index (χ1) is 6.66. The molecule has 0 radical (unpaired) electrons. The summed E-state index contributed by atoms with van der Waals surface area (Å²) in [7, 11) is 0. The Hall–Kier alpha value is -1.84. The average molecular weight is 188 g/mol. The second kappa shape index (κ2) is 3.14. The normalized spacial score (nSPS) is 10.4. The Morgan fingerprint density at radius 3 is 2.64 bits per heavy atom. The van der Waals surface area contributed by atoms with Crippen LogP contribution in [0.2, 0.25) is 0 Å². The second-order valence-electron chi connectivity index (χ2n) is 3.27. The maximum absolute atomic E-state index is 5.71. The number of hydrogen-bond acceptors (Lipinski definition) is 3. The van der Waals surface area contributed by atoms with Crippen LogP contribution in [0.25, 0.3) is 5.69 Å². The van der Waals surface area contributed by atoms with E-state index in [0.29, 0.717) is 11.8 Å². The maximum atomic E-state index is 5.71. The number of benzene rings is 1. The zero-order valence-corrected chi connectivity index (χ0v) is 8.23. The molecule has 4 nitrogen and oxygen atoms in total. The summed E-state index contributed by atoms with van der Waals surface area (Å²) in [6, 6.07) is 7.98. The number of rotatable bonds is 1. The van der Waals surface area contributed by atoms with E-state index >= 15 is 0 Å². The molecular formula is C10H12N4. The molecule has 0 saturated heterocycles. The number of anilines is 1. The van der Waals surface area contributed by atoms with Crippen molar-refractivity contribution in [2.24, 2.45) is 0 Å². The summed E-state index contributed by atoms with van der Waals surface area (Å²) in [5, 5.41) is 4.20. The van der Waals surface area contributed by atoms with Crippen LogP contribution in [-0.2, 0) is 0 Å². The molecule has 4 heteroatoms. The SMILES string of the molecule is Cc1cccc(-n2nc(C)nc2N)c1. The van der Waals surface area contributed by atoms with Crippen LogP contribution in [0, 0.1) is 13.8 Å². The molecule has 0 spiro atoms. The number of nitrogens with two attached hydrogens (primary N) is 1. The molecule has 0 aliphatic carbocycles. The van der Waals surface area contributed by atoms with Crippen LogP contribution in [0.5, 0.6) is 0 Å². The highest BCUT2D eigenvalue weighted by molar-refractivity contribution is 5.39. The molecule has 1 heterocycles. The molecule has 0 amide bonds. The Kier molecular flexibility index (Phi) is 1.96. The van der Waals surface area contributed by atoms with Crippen LogP contribution in [-0.4, -0.2) is 14.8 Å². The molecule has 1 aromatic heterocycles. The monoisotopic (exact) mass is 188 g/mol. The van der Waals surface area contributed by atoms with Crippen molar-refractivity contribution >= 4 is 5.95 Å². The minimum Gasteiger partial charge on any atom is -0.368 e. The van der Waals surface area contributed by atoms with Crippen molar-refractivity contribution in [2.75, 3.05) is 5.73 Å². The first-order valence-corrected chi connectivity index (χ1v) is 4.43. The van der Waals surface area contributed by atoms with Crippen LogP contribution in [0.4, 0.5) is 5.95 Å². The highest BCUT2D eigenvalue weighted by atomic mass is 15.4. The lowest BCUT2D eigenvalue weighted by Crippen LogP contribution is -2.02. The molecule has 0 aliphatic rings. The summed E-state index contributed by atoms with van der Waals surface area (Å²) in [5.74, 6) is 1.11. The summed E-state index contributed by atoms with van der Waals surface area (Å²) >= 11 is 0. The molecule has 1 aromatic carbocycles. The number of nitrogens with zero attached hydrogens (tertiary/aromatic N) is 3. The molecule has 72 valence electrons. The van der Waals surface area contributed by atoms with Gasteiger partial charge in [-0.2, -0.15) is 9.67 Å². The third-order valence-electron chi connectivity index (χ3n) is 1.98. The zero-order chi connectivity index (χ0) is 10.1. The summed E-state index contributed by atoms with van der Waals surface area (Å²) in [6.07, 6.45) is 0. The highest BCUT2D eigenvalue weighted by Gasteiger charge is 2.04. The van der Waals surface area contributed by atoms with E-state index in [1.807, 2.05) is 38.1 Å². The summed E-state index contributed by atoms with van der Waals surface area (Å²) < 4.78 is 1.64. The van der Waals surface area contributed by atoms with Crippen molar-refractivity contribution in [3.05, 3.63) is 35.7 Å². The lowest BCUT2D eigenvalue weighted by Gasteiger charge is -2.02. The predicted molar refractivity (Wildman–Crippen MR) is 55.2 cm³/mol. The fraction of sp³-hybridized carbons (Fsp3) is 0.200. The van der Waals surface area contributed by atoms with Gasteiger partial charge in [0.2, 0.25) is 5.95 Å². The number of hydrogen-bond donors (Lipinski definition) is 1. The van der Waals surface area contributed by atoms with E-state index < -0.39 is 0 Å². The van der Waals surface area contributed by atoms with E-state index in [-0.39, 0.29) is 0 Å². The Bertz CT molecular complexity index is 459. The molecule has 2 aromatic rings. The van der Waals surface area contributed by atoms with Crippen molar-refractivity contribution in [1.82, 2.24) is 14.8 Å². The minimum absolute atomic E-state index is 0.424. The summed E-state index contributed by atoms with van der Waals surface area (Å²) in [6.45, 7) is 3.85. The minimum atomic E-state index is 0.424. The number of aryl methyl sites for hydroxylation is 2. The lowest BCUT2D eigenvalue weighted by molar-refractivity contribution is 0.870. The number of nitrogen functional groups attached to an aromatic ring is 1. The summed E-state index contributed by atoms with van der Waals surface area (Å²) in [4.78, 5) is 4.05. The van der Waals surface area contributed by atoms with Crippen LogP contribution in [0.1, 0.15) is 11.4 Å². The predicted octanol–water partition coefficient (Wildman–Crippen LogP) is 1.47. The Morgan fingerprint density at radius 2 is 2.07 bits per heavy atom. The average Bonchev–Trinajstić information content (AvgIpc) is 2.45. The van der Waals surface area contributed by atoms with E-state index in [9.17, 15) is 0 Å². The fourth-order valence-electron chi connectivity index (χ4n) is 1.38. The van der Waals surface area contributed by atoms with Crippen LogP contribution < -0.4 is 5.73 Å². The van der Waals surface area contributed by atoms with E-state index in [1.165, 1.54) is 5.56 Å². The standard InChI is InChI=1S/C10H12N4/c1-7-4-3-5-9(6-7)14-10(11)12-8(2)13-14/h3-6H,1-2H3,(H2,11,12,13). The van der Waals surface area contributed by atoms with Gasteiger partial charge in [0.25, 0.3) is 0 Å². The first kappa shape index (κ1) is 8.74. The molecule has 14 heavy (non-hydrogen) atoms. The zero-order valence-electron chi connectivity index (χ0n) is 8.23. The van der Waals surface area contributed by atoms with Gasteiger partial charge in [0.05, 0.1) is 5.69 Å². The van der Waals surface area contributed by atoms with Gasteiger partial charge in [0, 0.05) is 0 Å². The van der Waals surface area contributed by atoms with Crippen molar-refractivity contribution in [2.45, 2.75) is 13.8 Å². The van der Waals surface area contributed by atoms with Crippen molar-refractivity contribution in [1.29, 1.82) is 0 Å². The van der Waals surface area contributed by atoms with E-state index in [2.05, 4.69) is 10.1 Å². The molecule has 0 fully saturated rings. The quantitative estimate of drug-likeness (QED) is 0.737. The Labute approximate surface area is 82.4 Å². The van der Waals surface area contributed by atoms with Gasteiger partial charge < -0.3 is 5.73 Å². The second-order valence-corrected chi connectivity index (χ2v) is 3.27. The topological polar surface area (TPSA) is 56.7 Å². The molecule has 0 bridgehead atoms. The first-order valence-electron chi connectivity index (χ1n) is 4.43. The van der Waals surface area contributed by atoms with Gasteiger partial charge in [-0.05, 0) is 31.5 Å². The van der Waals surface area contributed by atoms with Gasteiger partial charge in [-0.3, -0.25) is 0 Å². The van der Waals surface area contributed by atoms with Crippen molar-refractivity contribution in [3.63, 3.8) is 0 Å². The van der Waals surface area contributed by atoms with Gasteiger partial charge in [-0.25, -0.2) is 0 Å². The highest BCUT2D eigenvalue weighted by Crippen LogP contribution is 2.12. The smallest absolute Gasteiger partial charge is 0.223 e. The summed E-state index contributed by atoms with van der Waals surface area (Å²) in [5.41, 5.74) is 7.84. The Morgan fingerprint density at radius 1 is 1.29 bits per heavy atom. The van der Waals surface area contributed by atoms with Crippen molar-refractivity contribution < 1.29 is 0 Å². The van der Waals surface area contributed by atoms with E-state index in [0.717, 1.165) is 5.69 Å². The van der Waals surface area contributed by atoms with Gasteiger partial charge in [0.15, 0.2) is 0 Å². The van der Waals surface area contributed by atoms with E-state index in [4.69, 9.17) is 5.73 Å². The van der Waals surface area contributed by atoms with Gasteiger partial charge in [0.1, 0.15) is 5.82 Å². The molecule has 0 saturated carbocycles. The van der Waals surface area contributed by atoms with Gasteiger partial charge in [-0.1, -0.05) is 12.1 Å². The van der Waals surface area contributed by atoms with Gasteiger partial charge in [-0.15, -0.1) is 5.10 Å². The molecular weight excluding hydrogens is 176 g/mol. The van der Waals surface area contributed by atoms with E-state index in [1.54, 1.807) is 4.68 Å². The van der Waals surface area contributed by atoms with Crippen LogP contribution in [0.3, 0.4) is 0 Å². The largest absolute Gasteiger partial charge is 0.368 e. The third-order valence-corrected chi connectivity index (χ3v) is 1.98. The fourth-order valence-corrected chi connectivity index (χ4v) is 1.38. The maximum Gasteiger partial charge on any atom is 0.223 e. The molecule has 0 unspecified atom stereocenters. The molecule has 2 N–H and O–H groups in total. The lowest BCUT2D eigenvalue weighted by atomic mass is 10.2. The van der Waals surface area contributed by atoms with Crippen LogP contribution >= 0.6 is 0 Å². The van der Waals surface area contributed by atoms with Gasteiger partial charge >= 0.3 is 0 Å². The van der Waals surface area contributed by atoms with Crippen LogP contribution in [0.15, 0.2) is 24.3 Å². The molecule has 0 atom stereocenters. The molecule has 0 aliphatic heterocycles. The van der Waals surface area contributed by atoms with Crippen molar-refractivity contribution in [3.8, 4) is 5.69 Å². The molecule has 2 rings (SSSR count).